The zero-order chi connectivity index (χ0) is 27.6. The van der Waals surface area contributed by atoms with E-state index in [0.717, 1.165) is 16.7 Å². The summed E-state index contributed by atoms with van der Waals surface area (Å²) >= 11 is 3.53. The van der Waals surface area contributed by atoms with Gasteiger partial charge in [0, 0.05) is 12.1 Å². The molecule has 198 valence electrons. The lowest BCUT2D eigenvalue weighted by molar-refractivity contribution is -0.384. The van der Waals surface area contributed by atoms with Crippen LogP contribution in [0.1, 0.15) is 35.1 Å². The van der Waals surface area contributed by atoms with Crippen molar-refractivity contribution in [1.82, 2.24) is 5.43 Å². The van der Waals surface area contributed by atoms with Crippen LogP contribution in [-0.2, 0) is 11.4 Å². The monoisotopic (exact) mass is 587 g/mol. The fourth-order valence-corrected chi connectivity index (χ4v) is 4.53. The SMILES string of the molecule is CCOc1cc(/C=N/NC(=O)C(c2ccccc2)c2ccccc2)cc(Br)c1OCc1ccc([N+](=O)[O-])cc1. The van der Waals surface area contributed by atoms with Gasteiger partial charge in [0.15, 0.2) is 11.5 Å². The Labute approximate surface area is 234 Å². The molecule has 0 saturated carbocycles. The number of nitro benzene ring substituents is 1. The standard InChI is InChI=1S/C30H26BrN3O5/c1-2-38-27-18-22(17-26(31)29(27)39-20-21-13-15-25(16-14-21)34(36)37)19-32-33-30(35)28(23-9-5-3-6-10-23)24-11-7-4-8-12-24/h3-19,28H,2,20H2,1H3,(H,33,35)/b32-19+. The highest BCUT2D eigenvalue weighted by Gasteiger charge is 2.22. The molecule has 1 amide bonds. The Morgan fingerprint density at radius 3 is 2.15 bits per heavy atom. The second-order valence-corrected chi connectivity index (χ2v) is 9.32. The molecule has 4 rings (SSSR count). The molecule has 0 aliphatic rings. The second-order valence-electron chi connectivity index (χ2n) is 8.46. The molecular formula is C30H26BrN3O5. The average molecular weight is 588 g/mol. The molecule has 0 spiro atoms. The van der Waals surface area contributed by atoms with Crippen molar-refractivity contribution in [3.63, 3.8) is 0 Å². The first-order valence-corrected chi connectivity index (χ1v) is 13.0. The molecule has 0 aliphatic heterocycles. The number of halogens is 1. The lowest BCUT2D eigenvalue weighted by atomic mass is 9.91. The number of ether oxygens (including phenoxy) is 2. The lowest BCUT2D eigenvalue weighted by Gasteiger charge is -2.16. The van der Waals surface area contributed by atoms with Crippen molar-refractivity contribution in [1.29, 1.82) is 0 Å². The van der Waals surface area contributed by atoms with Crippen molar-refractivity contribution in [2.45, 2.75) is 19.4 Å². The Balaban J connectivity index is 1.49. The number of hydrogen-bond donors (Lipinski definition) is 1. The third-order valence-corrected chi connectivity index (χ3v) is 6.37. The van der Waals surface area contributed by atoms with E-state index in [0.29, 0.717) is 28.1 Å². The van der Waals surface area contributed by atoms with Crippen LogP contribution in [0.5, 0.6) is 11.5 Å². The summed E-state index contributed by atoms with van der Waals surface area (Å²) in [6.45, 7) is 2.47. The van der Waals surface area contributed by atoms with Gasteiger partial charge in [0.2, 0.25) is 0 Å². The number of rotatable bonds is 11. The molecule has 0 unspecified atom stereocenters. The molecule has 0 heterocycles. The fourth-order valence-electron chi connectivity index (χ4n) is 3.96. The van der Waals surface area contributed by atoms with E-state index < -0.39 is 10.8 Å². The van der Waals surface area contributed by atoms with Crippen molar-refractivity contribution in [2.75, 3.05) is 6.61 Å². The zero-order valence-electron chi connectivity index (χ0n) is 21.1. The minimum Gasteiger partial charge on any atom is -0.490 e. The van der Waals surface area contributed by atoms with Gasteiger partial charge in [-0.05, 0) is 69.4 Å². The number of carbonyl (C=O) groups is 1. The smallest absolute Gasteiger partial charge is 0.269 e. The van der Waals surface area contributed by atoms with E-state index in [4.69, 9.17) is 9.47 Å². The molecule has 0 saturated heterocycles. The van der Waals surface area contributed by atoms with E-state index in [2.05, 4.69) is 26.5 Å². The third-order valence-electron chi connectivity index (χ3n) is 5.78. The van der Waals surface area contributed by atoms with Gasteiger partial charge in [-0.15, -0.1) is 0 Å². The van der Waals surface area contributed by atoms with Crippen molar-refractivity contribution < 1.29 is 19.2 Å². The fraction of sp³-hybridized carbons (Fsp3) is 0.133. The number of amides is 1. The van der Waals surface area contributed by atoms with Gasteiger partial charge in [0.05, 0.1) is 28.1 Å². The molecule has 0 aliphatic carbocycles. The highest BCUT2D eigenvalue weighted by molar-refractivity contribution is 9.10. The largest absolute Gasteiger partial charge is 0.490 e. The summed E-state index contributed by atoms with van der Waals surface area (Å²) in [6.07, 6.45) is 1.54. The first-order valence-electron chi connectivity index (χ1n) is 12.2. The van der Waals surface area contributed by atoms with Crippen molar-refractivity contribution >= 4 is 33.7 Å². The Morgan fingerprint density at radius 2 is 1.59 bits per heavy atom. The summed E-state index contributed by atoms with van der Waals surface area (Å²) in [5.41, 5.74) is 5.88. The number of benzene rings is 4. The van der Waals surface area contributed by atoms with Gasteiger partial charge in [-0.2, -0.15) is 5.10 Å². The molecule has 39 heavy (non-hydrogen) atoms. The summed E-state index contributed by atoms with van der Waals surface area (Å²) in [5, 5.41) is 15.1. The Morgan fingerprint density at radius 1 is 0.974 bits per heavy atom. The predicted octanol–water partition coefficient (Wildman–Crippen LogP) is 6.62. The molecule has 4 aromatic carbocycles. The first-order chi connectivity index (χ1) is 19.0. The highest BCUT2D eigenvalue weighted by atomic mass is 79.9. The summed E-state index contributed by atoms with van der Waals surface area (Å²) in [4.78, 5) is 23.6. The molecule has 1 N–H and O–H groups in total. The maximum Gasteiger partial charge on any atom is 0.269 e. The van der Waals surface area contributed by atoms with E-state index in [-0.39, 0.29) is 18.2 Å². The van der Waals surface area contributed by atoms with E-state index in [1.54, 1.807) is 30.5 Å². The number of nitro groups is 1. The Kier molecular flexibility index (Phi) is 9.42. The number of hydrazone groups is 1. The second kappa shape index (κ2) is 13.3. The minimum absolute atomic E-state index is 0.0181. The topological polar surface area (TPSA) is 103 Å². The maximum atomic E-state index is 13.2. The van der Waals surface area contributed by atoms with Crippen LogP contribution in [0.15, 0.2) is 107 Å². The van der Waals surface area contributed by atoms with Crippen LogP contribution in [0.3, 0.4) is 0 Å². The van der Waals surface area contributed by atoms with Gasteiger partial charge in [-0.3, -0.25) is 14.9 Å². The van der Waals surface area contributed by atoms with Crippen LogP contribution in [0.25, 0.3) is 0 Å². The van der Waals surface area contributed by atoms with Gasteiger partial charge in [0.25, 0.3) is 11.6 Å². The van der Waals surface area contributed by atoms with Crippen LogP contribution < -0.4 is 14.9 Å². The molecule has 4 aromatic rings. The lowest BCUT2D eigenvalue weighted by Crippen LogP contribution is -2.26. The summed E-state index contributed by atoms with van der Waals surface area (Å²) in [5.74, 6) is 0.221. The van der Waals surface area contributed by atoms with E-state index >= 15 is 0 Å². The minimum atomic E-state index is -0.509. The molecule has 0 radical (unpaired) electrons. The van der Waals surface area contributed by atoms with Crippen LogP contribution in [-0.4, -0.2) is 23.7 Å². The van der Waals surface area contributed by atoms with Gasteiger partial charge in [0.1, 0.15) is 6.61 Å². The maximum absolute atomic E-state index is 13.2. The Hall–Kier alpha value is -4.50. The van der Waals surface area contributed by atoms with Gasteiger partial charge >= 0.3 is 0 Å². The van der Waals surface area contributed by atoms with Crippen LogP contribution >= 0.6 is 15.9 Å². The number of nitrogens with one attached hydrogen (secondary N) is 1. The zero-order valence-corrected chi connectivity index (χ0v) is 22.7. The molecule has 0 bridgehead atoms. The van der Waals surface area contributed by atoms with Crippen LogP contribution in [0.2, 0.25) is 0 Å². The third kappa shape index (κ3) is 7.30. The number of carbonyl (C=O) groups excluding carboxylic acids is 1. The first kappa shape index (κ1) is 27.5. The van der Waals surface area contributed by atoms with E-state index in [1.165, 1.54) is 12.1 Å². The molecule has 0 aromatic heterocycles. The van der Waals surface area contributed by atoms with E-state index in [9.17, 15) is 14.9 Å². The van der Waals surface area contributed by atoms with Gasteiger partial charge < -0.3 is 9.47 Å². The van der Waals surface area contributed by atoms with Crippen LogP contribution in [0, 0.1) is 10.1 Å². The van der Waals surface area contributed by atoms with Crippen LogP contribution in [0.4, 0.5) is 5.69 Å². The number of hydrogen-bond acceptors (Lipinski definition) is 6. The summed E-state index contributed by atoms with van der Waals surface area (Å²) < 4.78 is 12.4. The predicted molar refractivity (Wildman–Crippen MR) is 153 cm³/mol. The molecule has 9 heteroatoms. The average Bonchev–Trinajstić information content (AvgIpc) is 2.94. The Bertz CT molecular complexity index is 1410. The molecular weight excluding hydrogens is 562 g/mol. The molecule has 0 atom stereocenters. The normalized spacial score (nSPS) is 10.9. The van der Waals surface area contributed by atoms with Gasteiger partial charge in [-0.1, -0.05) is 60.7 Å². The summed E-state index contributed by atoms with van der Waals surface area (Å²) in [7, 11) is 0. The quantitative estimate of drug-likeness (QED) is 0.121. The number of nitrogens with zero attached hydrogens (tertiary/aromatic N) is 2. The molecule has 0 fully saturated rings. The van der Waals surface area contributed by atoms with Gasteiger partial charge in [-0.25, -0.2) is 5.43 Å². The molecule has 8 nitrogen and oxygen atoms in total. The van der Waals surface area contributed by atoms with E-state index in [1.807, 2.05) is 67.6 Å². The highest BCUT2D eigenvalue weighted by Crippen LogP contribution is 2.37. The van der Waals surface area contributed by atoms with Crippen molar-refractivity contribution in [3.05, 3.63) is 134 Å². The number of non-ortho nitro benzene ring substituents is 1. The summed E-state index contributed by atoms with van der Waals surface area (Å²) in [6, 6.07) is 28.8. The van der Waals surface area contributed by atoms with Crippen molar-refractivity contribution in [2.24, 2.45) is 5.10 Å². The van der Waals surface area contributed by atoms with Crippen molar-refractivity contribution in [3.8, 4) is 11.5 Å².